The SMILES string of the molecule is Cc1cc(C(=O)NCCOCCN)cc(C)c1-c1cccc2c(CCCOc3cccc4ccccc34)c(C(=O)O)nn12. The van der Waals surface area contributed by atoms with Gasteiger partial charge < -0.3 is 25.6 Å². The van der Waals surface area contributed by atoms with Crippen LogP contribution in [0.3, 0.4) is 0 Å². The van der Waals surface area contributed by atoms with Gasteiger partial charge >= 0.3 is 5.97 Å². The standard InChI is InChI=1S/C34H36N4O5/c1-22-20-25(33(39)36-16-19-42-18-15-35)21-23(2)31(22)29-13-6-12-28-27(32(34(40)41)37-38(28)29)11-7-17-43-30-14-5-9-24-8-3-4-10-26(24)30/h3-6,8-10,12-14,20-21H,7,11,15-19,35H2,1-2H3,(H,36,39)(H,40,41). The third-order valence-electron chi connectivity index (χ3n) is 7.39. The summed E-state index contributed by atoms with van der Waals surface area (Å²) in [6, 6.07) is 23.4. The second-order valence-electron chi connectivity index (χ2n) is 10.4. The van der Waals surface area contributed by atoms with Gasteiger partial charge in [0.1, 0.15) is 5.75 Å². The van der Waals surface area contributed by atoms with E-state index in [0.717, 1.165) is 44.4 Å². The number of carboxylic acids is 1. The number of aromatic carboxylic acids is 1. The lowest BCUT2D eigenvalue weighted by molar-refractivity contribution is 0.0688. The molecule has 9 nitrogen and oxygen atoms in total. The summed E-state index contributed by atoms with van der Waals surface area (Å²) in [6.45, 7) is 5.98. The number of aryl methyl sites for hydroxylation is 3. The molecular weight excluding hydrogens is 544 g/mol. The first-order valence-corrected chi connectivity index (χ1v) is 14.4. The van der Waals surface area contributed by atoms with E-state index in [2.05, 4.69) is 10.4 Å². The first-order chi connectivity index (χ1) is 20.9. The predicted molar refractivity (Wildman–Crippen MR) is 167 cm³/mol. The highest BCUT2D eigenvalue weighted by Gasteiger charge is 2.22. The molecule has 0 spiro atoms. The van der Waals surface area contributed by atoms with Gasteiger partial charge in [-0.1, -0.05) is 42.5 Å². The number of ether oxygens (including phenoxy) is 2. The Kier molecular flexibility index (Phi) is 9.34. The molecule has 0 aliphatic carbocycles. The molecule has 2 heterocycles. The molecule has 222 valence electrons. The van der Waals surface area contributed by atoms with E-state index in [1.54, 1.807) is 4.52 Å². The first kappa shape index (κ1) is 29.8. The number of amides is 1. The minimum absolute atomic E-state index is 0.0285. The van der Waals surface area contributed by atoms with Crippen molar-refractivity contribution in [2.75, 3.05) is 32.9 Å². The lowest BCUT2D eigenvalue weighted by Crippen LogP contribution is -2.28. The Morgan fingerprint density at radius 1 is 0.953 bits per heavy atom. The molecule has 5 aromatic rings. The van der Waals surface area contributed by atoms with Crippen molar-refractivity contribution in [3.63, 3.8) is 0 Å². The number of carbonyl (C=O) groups excluding carboxylic acids is 1. The van der Waals surface area contributed by atoms with E-state index in [9.17, 15) is 14.7 Å². The van der Waals surface area contributed by atoms with E-state index >= 15 is 0 Å². The van der Waals surface area contributed by atoms with Crippen molar-refractivity contribution in [1.29, 1.82) is 0 Å². The van der Waals surface area contributed by atoms with Gasteiger partial charge in [-0.3, -0.25) is 4.79 Å². The molecule has 0 aliphatic heterocycles. The number of hydrogen-bond donors (Lipinski definition) is 3. The maximum absolute atomic E-state index is 12.8. The van der Waals surface area contributed by atoms with Crippen LogP contribution in [0.4, 0.5) is 0 Å². The molecule has 43 heavy (non-hydrogen) atoms. The summed E-state index contributed by atoms with van der Waals surface area (Å²) in [5, 5.41) is 19.6. The molecule has 0 radical (unpaired) electrons. The topological polar surface area (TPSA) is 128 Å². The van der Waals surface area contributed by atoms with Gasteiger partial charge in [0, 0.05) is 35.2 Å². The number of fused-ring (bicyclic) bond motifs is 2. The molecule has 0 unspecified atom stereocenters. The first-order valence-electron chi connectivity index (χ1n) is 14.4. The van der Waals surface area contributed by atoms with Gasteiger partial charge in [-0.2, -0.15) is 5.10 Å². The van der Waals surface area contributed by atoms with Crippen LogP contribution in [-0.2, 0) is 11.2 Å². The molecule has 0 atom stereocenters. The van der Waals surface area contributed by atoms with Crippen LogP contribution in [-0.4, -0.2) is 59.5 Å². The number of nitrogens with two attached hydrogens (primary N) is 1. The number of rotatable bonds is 13. The van der Waals surface area contributed by atoms with Gasteiger partial charge in [0.05, 0.1) is 31.0 Å². The highest BCUT2D eigenvalue weighted by Crippen LogP contribution is 2.31. The smallest absolute Gasteiger partial charge is 0.356 e. The quantitative estimate of drug-likeness (QED) is 0.164. The molecule has 0 saturated carbocycles. The maximum atomic E-state index is 12.8. The number of pyridine rings is 1. The van der Waals surface area contributed by atoms with Crippen LogP contribution < -0.4 is 15.8 Å². The lowest BCUT2D eigenvalue weighted by atomic mass is 9.96. The normalized spacial score (nSPS) is 11.2. The largest absolute Gasteiger partial charge is 0.493 e. The van der Waals surface area contributed by atoms with Crippen molar-refractivity contribution in [3.8, 4) is 17.0 Å². The van der Waals surface area contributed by atoms with E-state index in [1.165, 1.54) is 0 Å². The number of benzene rings is 3. The summed E-state index contributed by atoms with van der Waals surface area (Å²) in [7, 11) is 0. The van der Waals surface area contributed by atoms with Crippen molar-refractivity contribution < 1.29 is 24.2 Å². The van der Waals surface area contributed by atoms with Crippen LogP contribution in [0, 0.1) is 13.8 Å². The minimum Gasteiger partial charge on any atom is -0.493 e. The average Bonchev–Trinajstić information content (AvgIpc) is 3.38. The van der Waals surface area contributed by atoms with Gasteiger partial charge in [0.2, 0.25) is 0 Å². The van der Waals surface area contributed by atoms with Crippen molar-refractivity contribution in [3.05, 3.63) is 101 Å². The fraction of sp³-hybridized carbons (Fsp3) is 0.265. The Labute approximate surface area is 250 Å². The maximum Gasteiger partial charge on any atom is 0.356 e. The zero-order valence-electron chi connectivity index (χ0n) is 24.4. The molecular formula is C34H36N4O5. The monoisotopic (exact) mass is 580 g/mol. The van der Waals surface area contributed by atoms with Gasteiger partial charge in [0.25, 0.3) is 5.91 Å². The van der Waals surface area contributed by atoms with Crippen LogP contribution in [0.15, 0.2) is 72.8 Å². The average molecular weight is 581 g/mol. The fourth-order valence-corrected chi connectivity index (χ4v) is 5.50. The van der Waals surface area contributed by atoms with Gasteiger partial charge in [-0.25, -0.2) is 9.31 Å². The van der Waals surface area contributed by atoms with Gasteiger partial charge in [-0.05, 0) is 73.5 Å². The summed E-state index contributed by atoms with van der Waals surface area (Å²) in [4.78, 5) is 25.0. The van der Waals surface area contributed by atoms with Crippen LogP contribution in [0.25, 0.3) is 27.5 Å². The van der Waals surface area contributed by atoms with Crippen molar-refractivity contribution >= 4 is 28.2 Å². The molecule has 0 bridgehead atoms. The second-order valence-corrected chi connectivity index (χ2v) is 10.4. The number of nitrogens with one attached hydrogen (secondary N) is 1. The van der Waals surface area contributed by atoms with Crippen LogP contribution >= 0.6 is 0 Å². The number of carbonyl (C=O) groups is 2. The molecule has 3 aromatic carbocycles. The number of nitrogens with zero attached hydrogens (tertiary/aromatic N) is 2. The van der Waals surface area contributed by atoms with E-state index in [4.69, 9.17) is 15.2 Å². The predicted octanol–water partition coefficient (Wildman–Crippen LogP) is 5.19. The lowest BCUT2D eigenvalue weighted by Gasteiger charge is -2.14. The Morgan fingerprint density at radius 2 is 1.70 bits per heavy atom. The molecule has 0 aliphatic rings. The Balaban J connectivity index is 1.37. The van der Waals surface area contributed by atoms with Crippen LogP contribution in [0.5, 0.6) is 5.75 Å². The third-order valence-corrected chi connectivity index (χ3v) is 7.39. The van der Waals surface area contributed by atoms with E-state index in [0.29, 0.717) is 56.9 Å². The minimum atomic E-state index is -1.07. The van der Waals surface area contributed by atoms with Crippen LogP contribution in [0.2, 0.25) is 0 Å². The van der Waals surface area contributed by atoms with E-state index < -0.39 is 5.97 Å². The van der Waals surface area contributed by atoms with Crippen LogP contribution in [0.1, 0.15) is 44.0 Å². The van der Waals surface area contributed by atoms with Crippen molar-refractivity contribution in [1.82, 2.24) is 14.9 Å². The molecule has 0 fully saturated rings. The molecule has 5 rings (SSSR count). The van der Waals surface area contributed by atoms with E-state index in [-0.39, 0.29) is 11.6 Å². The second kappa shape index (κ2) is 13.5. The van der Waals surface area contributed by atoms with Crippen molar-refractivity contribution in [2.45, 2.75) is 26.7 Å². The zero-order valence-corrected chi connectivity index (χ0v) is 24.4. The summed E-state index contributed by atoms with van der Waals surface area (Å²) in [6.07, 6.45) is 1.11. The molecule has 2 aromatic heterocycles. The van der Waals surface area contributed by atoms with E-state index in [1.807, 2.05) is 86.6 Å². The molecule has 9 heteroatoms. The molecule has 0 saturated heterocycles. The highest BCUT2D eigenvalue weighted by molar-refractivity contribution is 5.96. The summed E-state index contributed by atoms with van der Waals surface area (Å²) >= 11 is 0. The number of aromatic nitrogens is 2. The molecule has 1 amide bonds. The Hall–Kier alpha value is -4.73. The summed E-state index contributed by atoms with van der Waals surface area (Å²) in [5.74, 6) is -0.454. The third kappa shape index (κ3) is 6.53. The summed E-state index contributed by atoms with van der Waals surface area (Å²) in [5.41, 5.74) is 10.8. The van der Waals surface area contributed by atoms with Gasteiger partial charge in [0.15, 0.2) is 5.69 Å². The summed E-state index contributed by atoms with van der Waals surface area (Å²) < 4.78 is 13.1. The number of carboxylic acid groups (broad SMARTS) is 1. The Bertz CT molecular complexity index is 1750. The zero-order chi connectivity index (χ0) is 30.3. The van der Waals surface area contributed by atoms with Crippen molar-refractivity contribution in [2.24, 2.45) is 5.73 Å². The van der Waals surface area contributed by atoms with Gasteiger partial charge in [-0.15, -0.1) is 0 Å². The highest BCUT2D eigenvalue weighted by atomic mass is 16.5. The Morgan fingerprint density at radius 3 is 2.47 bits per heavy atom. The fourth-order valence-electron chi connectivity index (χ4n) is 5.50. The number of hydrogen-bond acceptors (Lipinski definition) is 6. The molecule has 4 N–H and O–H groups in total.